The predicted octanol–water partition coefficient (Wildman–Crippen LogP) is 3.73. The van der Waals surface area contributed by atoms with Gasteiger partial charge < -0.3 is 19.1 Å². The lowest BCUT2D eigenvalue weighted by molar-refractivity contribution is -0.340. The minimum absolute atomic E-state index is 0.0766. The molecule has 0 saturated carbocycles. The van der Waals surface area contributed by atoms with Gasteiger partial charge in [-0.1, -0.05) is 30.3 Å². The van der Waals surface area contributed by atoms with Crippen LogP contribution in [0.4, 0.5) is 0 Å². The zero-order chi connectivity index (χ0) is 20.9. The van der Waals surface area contributed by atoms with Gasteiger partial charge in [0, 0.05) is 6.54 Å². The molecule has 6 nitrogen and oxygen atoms in total. The van der Waals surface area contributed by atoms with E-state index in [1.54, 1.807) is 7.11 Å². The quantitative estimate of drug-likeness (QED) is 0.207. The number of ether oxygens (including phenoxy) is 3. The number of nitrogens with zero attached hydrogens (tertiary/aromatic N) is 1. The Balaban J connectivity index is 1.93. The van der Waals surface area contributed by atoms with Crippen molar-refractivity contribution in [2.24, 2.45) is 0 Å². The molecule has 29 heavy (non-hydrogen) atoms. The molecule has 0 saturated heterocycles. The Morgan fingerprint density at radius 3 is 2.55 bits per heavy atom. The number of likely N-dealkylation sites (N-methyl/N-ethyl adjacent to an activating group) is 1. The smallest absolute Gasteiger partial charge is 0.181 e. The van der Waals surface area contributed by atoms with Crippen molar-refractivity contribution >= 4 is 0 Å². The SMILES string of the molecule is CCOOCO[C@@H](COc1ccccc1CCc1cccc(OC)c1)CN(C)C. The number of para-hydroxylation sites is 1. The highest BCUT2D eigenvalue weighted by Crippen LogP contribution is 2.22. The lowest BCUT2D eigenvalue weighted by Gasteiger charge is -2.22. The van der Waals surface area contributed by atoms with Gasteiger partial charge in [0.25, 0.3) is 0 Å². The zero-order valence-electron chi connectivity index (χ0n) is 17.9. The van der Waals surface area contributed by atoms with E-state index >= 15 is 0 Å². The lowest BCUT2D eigenvalue weighted by Crippen LogP contribution is -2.34. The molecule has 160 valence electrons. The Kier molecular flexibility index (Phi) is 10.5. The molecule has 6 heteroatoms. The summed E-state index contributed by atoms with van der Waals surface area (Å²) in [7, 11) is 5.69. The van der Waals surface area contributed by atoms with Gasteiger partial charge >= 0.3 is 0 Å². The number of aryl methyl sites for hydroxylation is 2. The first-order chi connectivity index (χ1) is 14.1. The van der Waals surface area contributed by atoms with Crippen LogP contribution in [0.15, 0.2) is 48.5 Å². The van der Waals surface area contributed by atoms with Crippen LogP contribution in [0.2, 0.25) is 0 Å². The van der Waals surface area contributed by atoms with Crippen molar-refractivity contribution in [3.8, 4) is 11.5 Å². The van der Waals surface area contributed by atoms with Crippen molar-refractivity contribution in [2.45, 2.75) is 25.9 Å². The average Bonchev–Trinajstić information content (AvgIpc) is 2.73. The molecule has 0 amide bonds. The Bertz CT molecular complexity index is 707. The van der Waals surface area contributed by atoms with E-state index in [1.807, 2.05) is 51.4 Å². The number of hydrogen-bond acceptors (Lipinski definition) is 6. The van der Waals surface area contributed by atoms with Crippen molar-refractivity contribution in [1.29, 1.82) is 0 Å². The van der Waals surface area contributed by atoms with E-state index in [-0.39, 0.29) is 12.9 Å². The van der Waals surface area contributed by atoms with Crippen LogP contribution in [0.5, 0.6) is 11.5 Å². The van der Waals surface area contributed by atoms with Crippen molar-refractivity contribution in [1.82, 2.24) is 4.90 Å². The minimum atomic E-state index is -0.128. The zero-order valence-corrected chi connectivity index (χ0v) is 17.9. The van der Waals surface area contributed by atoms with E-state index < -0.39 is 0 Å². The fourth-order valence-electron chi connectivity index (χ4n) is 2.94. The molecule has 0 aliphatic heterocycles. The molecule has 0 radical (unpaired) electrons. The molecular weight excluding hydrogens is 370 g/mol. The summed E-state index contributed by atoms with van der Waals surface area (Å²) in [6.07, 6.45) is 1.67. The highest BCUT2D eigenvalue weighted by atomic mass is 17.2. The van der Waals surface area contributed by atoms with Crippen molar-refractivity contribution in [3.63, 3.8) is 0 Å². The molecule has 2 aromatic rings. The summed E-state index contributed by atoms with van der Waals surface area (Å²) in [6.45, 7) is 3.58. The average molecular weight is 404 g/mol. The standard InChI is InChI=1S/C23H33NO5/c1-5-28-29-18-27-22(16-24(2)3)17-26-23-12-7-6-10-20(23)14-13-19-9-8-11-21(15-19)25-4/h6-12,15,22H,5,13-14,16-18H2,1-4H3/t22-/m1/s1. The maximum absolute atomic E-state index is 6.12. The number of rotatable bonds is 14. The van der Waals surface area contributed by atoms with Crippen LogP contribution in [-0.4, -0.2) is 58.8 Å². The summed E-state index contributed by atoms with van der Waals surface area (Å²) >= 11 is 0. The summed E-state index contributed by atoms with van der Waals surface area (Å²) in [5.41, 5.74) is 2.41. The summed E-state index contributed by atoms with van der Waals surface area (Å²) < 4.78 is 17.2. The first-order valence-electron chi connectivity index (χ1n) is 9.96. The summed E-state index contributed by atoms with van der Waals surface area (Å²) in [5, 5.41) is 0. The Hall–Kier alpha value is -2.12. The van der Waals surface area contributed by atoms with Gasteiger partial charge in [-0.25, -0.2) is 9.78 Å². The highest BCUT2D eigenvalue weighted by Gasteiger charge is 2.13. The molecule has 1 atom stereocenters. The predicted molar refractivity (Wildman–Crippen MR) is 113 cm³/mol. The molecule has 0 fully saturated rings. The van der Waals surface area contributed by atoms with Crippen LogP contribution in [0.25, 0.3) is 0 Å². The third-order valence-corrected chi connectivity index (χ3v) is 4.34. The molecule has 2 rings (SSSR count). The van der Waals surface area contributed by atoms with Crippen LogP contribution < -0.4 is 9.47 Å². The van der Waals surface area contributed by atoms with Gasteiger partial charge in [0.2, 0.25) is 0 Å². The van der Waals surface area contributed by atoms with E-state index in [2.05, 4.69) is 23.1 Å². The van der Waals surface area contributed by atoms with Crippen LogP contribution in [0.1, 0.15) is 18.1 Å². The van der Waals surface area contributed by atoms with Gasteiger partial charge in [-0.15, -0.1) is 0 Å². The summed E-state index contributed by atoms with van der Waals surface area (Å²) in [5.74, 6) is 1.76. The first kappa shape index (κ1) is 23.2. The molecule has 0 N–H and O–H groups in total. The fraction of sp³-hybridized carbons (Fsp3) is 0.478. The highest BCUT2D eigenvalue weighted by molar-refractivity contribution is 5.35. The Morgan fingerprint density at radius 1 is 0.966 bits per heavy atom. The van der Waals surface area contributed by atoms with Crippen LogP contribution in [0, 0.1) is 0 Å². The Labute approximate surface area is 174 Å². The maximum Gasteiger partial charge on any atom is 0.181 e. The van der Waals surface area contributed by atoms with Gasteiger partial charge in [0.15, 0.2) is 6.79 Å². The van der Waals surface area contributed by atoms with Crippen LogP contribution in [0.3, 0.4) is 0 Å². The fourth-order valence-corrected chi connectivity index (χ4v) is 2.94. The third kappa shape index (κ3) is 8.83. The largest absolute Gasteiger partial charge is 0.497 e. The van der Waals surface area contributed by atoms with Gasteiger partial charge in [-0.2, -0.15) is 0 Å². The molecule has 0 aromatic heterocycles. The molecule has 0 aliphatic rings. The monoisotopic (exact) mass is 403 g/mol. The van der Waals surface area contributed by atoms with Gasteiger partial charge in [-0.3, -0.25) is 0 Å². The van der Waals surface area contributed by atoms with E-state index in [1.165, 1.54) is 11.1 Å². The summed E-state index contributed by atoms with van der Waals surface area (Å²) in [6, 6.07) is 16.3. The van der Waals surface area contributed by atoms with Gasteiger partial charge in [-0.05, 0) is 63.2 Å². The topological polar surface area (TPSA) is 49.4 Å². The number of hydrogen-bond donors (Lipinski definition) is 0. The molecule has 0 heterocycles. The second-order valence-electron chi connectivity index (χ2n) is 6.96. The first-order valence-corrected chi connectivity index (χ1v) is 9.96. The van der Waals surface area contributed by atoms with Gasteiger partial charge in [0.1, 0.15) is 24.2 Å². The van der Waals surface area contributed by atoms with Gasteiger partial charge in [0.05, 0.1) is 13.7 Å². The normalized spacial score (nSPS) is 12.2. The molecule has 0 spiro atoms. The van der Waals surface area contributed by atoms with Crippen molar-refractivity contribution in [3.05, 3.63) is 59.7 Å². The number of benzene rings is 2. The molecule has 0 bridgehead atoms. The second kappa shape index (κ2) is 13.2. The third-order valence-electron chi connectivity index (χ3n) is 4.34. The van der Waals surface area contributed by atoms with E-state index in [4.69, 9.17) is 24.0 Å². The van der Waals surface area contributed by atoms with Crippen LogP contribution in [-0.2, 0) is 27.4 Å². The molecule has 0 aliphatic carbocycles. The second-order valence-corrected chi connectivity index (χ2v) is 6.96. The molecule has 0 unspecified atom stereocenters. The van der Waals surface area contributed by atoms with Crippen LogP contribution >= 0.6 is 0 Å². The summed E-state index contributed by atoms with van der Waals surface area (Å²) in [4.78, 5) is 11.9. The lowest BCUT2D eigenvalue weighted by atomic mass is 10.0. The Morgan fingerprint density at radius 2 is 1.79 bits per heavy atom. The maximum atomic E-state index is 6.12. The number of methoxy groups -OCH3 is 1. The molecular formula is C23H33NO5. The minimum Gasteiger partial charge on any atom is -0.497 e. The van der Waals surface area contributed by atoms with Crippen molar-refractivity contribution in [2.75, 3.05) is 47.8 Å². The van der Waals surface area contributed by atoms with E-state index in [0.29, 0.717) is 13.2 Å². The van der Waals surface area contributed by atoms with E-state index in [9.17, 15) is 0 Å². The molecule has 2 aromatic carbocycles. The van der Waals surface area contributed by atoms with E-state index in [0.717, 1.165) is 30.9 Å². The van der Waals surface area contributed by atoms with Crippen molar-refractivity contribution < 1.29 is 24.0 Å².